The molecular formula is C23H29FN4O3. The van der Waals surface area contributed by atoms with E-state index in [1.807, 2.05) is 32.0 Å². The van der Waals surface area contributed by atoms with Crippen LogP contribution in [0.1, 0.15) is 51.7 Å². The van der Waals surface area contributed by atoms with E-state index in [2.05, 4.69) is 36.3 Å². The van der Waals surface area contributed by atoms with Gasteiger partial charge in [0.1, 0.15) is 18.1 Å². The maximum atomic E-state index is 12.8. The van der Waals surface area contributed by atoms with Crippen LogP contribution < -0.4 is 10.1 Å². The highest BCUT2D eigenvalue weighted by Crippen LogP contribution is 2.37. The van der Waals surface area contributed by atoms with Crippen molar-refractivity contribution in [2.24, 2.45) is 0 Å². The van der Waals surface area contributed by atoms with Crippen molar-refractivity contribution in [3.05, 3.63) is 29.3 Å². The van der Waals surface area contributed by atoms with Crippen molar-refractivity contribution in [2.75, 3.05) is 18.6 Å². The highest BCUT2D eigenvalue weighted by Gasteiger charge is 2.43. The van der Waals surface area contributed by atoms with E-state index >= 15 is 0 Å². The second kappa shape index (κ2) is 7.75. The van der Waals surface area contributed by atoms with E-state index in [1.54, 1.807) is 0 Å². The topological polar surface area (TPSA) is 93.3 Å². The van der Waals surface area contributed by atoms with Crippen LogP contribution in [0.3, 0.4) is 0 Å². The number of halogens is 1. The Morgan fingerprint density at radius 1 is 1.26 bits per heavy atom. The lowest BCUT2D eigenvalue weighted by atomic mass is 9.77. The molecule has 1 aliphatic rings. The summed E-state index contributed by atoms with van der Waals surface area (Å²) < 4.78 is 24.3. The van der Waals surface area contributed by atoms with Gasteiger partial charge in [0.25, 0.3) is 5.89 Å². The fourth-order valence-corrected chi connectivity index (χ4v) is 4.02. The first kappa shape index (κ1) is 21.5. The van der Waals surface area contributed by atoms with Crippen molar-refractivity contribution in [3.8, 4) is 17.3 Å². The zero-order valence-electron chi connectivity index (χ0n) is 18.6. The van der Waals surface area contributed by atoms with Crippen molar-refractivity contribution in [2.45, 2.75) is 64.5 Å². The minimum absolute atomic E-state index is 0.0928. The van der Waals surface area contributed by atoms with E-state index in [0.717, 1.165) is 27.8 Å². The smallest absolute Gasteiger partial charge is 0.316 e. The molecule has 0 saturated heterocycles. The van der Waals surface area contributed by atoms with Crippen LogP contribution in [0, 0.1) is 6.92 Å². The van der Waals surface area contributed by atoms with Gasteiger partial charge in [0.2, 0.25) is 0 Å². The maximum absolute atomic E-state index is 12.8. The Hall–Kier alpha value is -2.74. The van der Waals surface area contributed by atoms with Gasteiger partial charge in [0, 0.05) is 11.4 Å². The Bertz CT molecular complexity index is 1100. The van der Waals surface area contributed by atoms with E-state index < -0.39 is 12.3 Å². The molecule has 31 heavy (non-hydrogen) atoms. The molecule has 0 bridgehead atoms. The van der Waals surface area contributed by atoms with Gasteiger partial charge >= 0.3 is 6.01 Å². The average molecular weight is 429 g/mol. The van der Waals surface area contributed by atoms with E-state index in [4.69, 9.17) is 14.1 Å². The first-order chi connectivity index (χ1) is 14.6. The summed E-state index contributed by atoms with van der Waals surface area (Å²) in [7, 11) is 0. The zero-order valence-corrected chi connectivity index (χ0v) is 18.6. The number of fused-ring (bicyclic) bond motifs is 1. The summed E-state index contributed by atoms with van der Waals surface area (Å²) in [5.74, 6) is 1.14. The van der Waals surface area contributed by atoms with Gasteiger partial charge < -0.3 is 19.6 Å². The average Bonchev–Trinajstić information content (AvgIpc) is 3.14. The number of aliphatic hydroxyl groups is 1. The van der Waals surface area contributed by atoms with Crippen LogP contribution >= 0.6 is 0 Å². The van der Waals surface area contributed by atoms with Crippen LogP contribution in [0.5, 0.6) is 5.75 Å². The van der Waals surface area contributed by atoms with Crippen molar-refractivity contribution in [1.29, 1.82) is 0 Å². The number of anilines is 1. The molecule has 3 aromatic rings. The molecule has 2 aromatic heterocycles. The number of nitrogens with one attached hydrogen (secondary N) is 1. The molecule has 1 saturated carbocycles. The monoisotopic (exact) mass is 428 g/mol. The quantitative estimate of drug-likeness (QED) is 0.594. The molecule has 8 heteroatoms. The fourth-order valence-electron chi connectivity index (χ4n) is 4.02. The molecule has 166 valence electrons. The third kappa shape index (κ3) is 4.21. The van der Waals surface area contributed by atoms with Gasteiger partial charge in [-0.25, -0.2) is 9.37 Å². The largest absolute Gasteiger partial charge is 0.494 e. The molecule has 1 fully saturated rings. The van der Waals surface area contributed by atoms with Crippen LogP contribution in [-0.4, -0.2) is 45.2 Å². The molecule has 0 radical (unpaired) electrons. The van der Waals surface area contributed by atoms with E-state index in [1.165, 1.54) is 0 Å². The predicted octanol–water partition coefficient (Wildman–Crippen LogP) is 4.56. The van der Waals surface area contributed by atoms with Gasteiger partial charge in [-0.1, -0.05) is 25.9 Å². The Labute approximate surface area is 181 Å². The highest BCUT2D eigenvalue weighted by molar-refractivity contribution is 5.89. The minimum Gasteiger partial charge on any atom is -0.494 e. The van der Waals surface area contributed by atoms with Crippen molar-refractivity contribution >= 4 is 16.9 Å². The maximum Gasteiger partial charge on any atom is 0.316 e. The normalized spacial score (nSPS) is 21.2. The molecule has 1 aliphatic carbocycles. The molecule has 2 heterocycles. The van der Waals surface area contributed by atoms with Crippen molar-refractivity contribution in [1.82, 2.24) is 15.2 Å². The number of aryl methyl sites for hydroxylation is 1. The standard InChI is InChI=1S/C23H29FN4O3/c1-6-30-15-8-16-13(2)7-18(26-19(16)17(9-15)22(3,4)5)20-27-28-21(31-20)25-14-10-23(29,11-14)12-24/h7-9,14,29H,6,10-12H2,1-5H3,(H,25,28)/t14-,23+. The third-order valence-electron chi connectivity index (χ3n) is 5.69. The number of hydrogen-bond donors (Lipinski definition) is 2. The number of rotatable bonds is 6. The number of pyridine rings is 1. The first-order valence-corrected chi connectivity index (χ1v) is 10.6. The molecule has 4 rings (SSSR count). The molecule has 0 amide bonds. The SMILES string of the molecule is CCOc1cc(C(C)(C)C)c2nc(-c3nnc(N[C@H]4C[C@](O)(CF)C4)o3)cc(C)c2c1. The first-order valence-electron chi connectivity index (χ1n) is 10.6. The predicted molar refractivity (Wildman–Crippen MR) is 117 cm³/mol. The summed E-state index contributed by atoms with van der Waals surface area (Å²) in [6.07, 6.45) is 0.622. The molecule has 2 N–H and O–H groups in total. The van der Waals surface area contributed by atoms with Crippen LogP contribution in [0.25, 0.3) is 22.5 Å². The number of nitrogens with zero attached hydrogens (tertiary/aromatic N) is 3. The zero-order chi connectivity index (χ0) is 22.4. The lowest BCUT2D eigenvalue weighted by Gasteiger charge is -2.41. The molecule has 7 nitrogen and oxygen atoms in total. The van der Waals surface area contributed by atoms with Gasteiger partial charge in [-0.3, -0.25) is 0 Å². The summed E-state index contributed by atoms with van der Waals surface area (Å²) in [5, 5.41) is 22.1. The summed E-state index contributed by atoms with van der Waals surface area (Å²) in [6, 6.07) is 6.13. The van der Waals surface area contributed by atoms with Crippen molar-refractivity contribution in [3.63, 3.8) is 0 Å². The van der Waals surface area contributed by atoms with Gasteiger partial charge in [0.05, 0.1) is 17.7 Å². The van der Waals surface area contributed by atoms with Crippen LogP contribution in [0.15, 0.2) is 22.6 Å². The number of benzene rings is 1. The van der Waals surface area contributed by atoms with Gasteiger partial charge in [0.15, 0.2) is 0 Å². The molecule has 1 aromatic carbocycles. The second-order valence-electron chi connectivity index (χ2n) is 9.39. The van der Waals surface area contributed by atoms with Gasteiger partial charge in [-0.05, 0) is 61.4 Å². The summed E-state index contributed by atoms with van der Waals surface area (Å²) in [5.41, 5.74) is 2.21. The van der Waals surface area contributed by atoms with E-state index in [-0.39, 0.29) is 17.5 Å². The number of hydrogen-bond acceptors (Lipinski definition) is 7. The van der Waals surface area contributed by atoms with Gasteiger partial charge in [-0.15, -0.1) is 5.10 Å². The second-order valence-corrected chi connectivity index (χ2v) is 9.39. The minimum atomic E-state index is -1.23. The number of aromatic nitrogens is 3. The highest BCUT2D eigenvalue weighted by atomic mass is 19.1. The molecular weight excluding hydrogens is 399 g/mol. The molecule has 0 atom stereocenters. The van der Waals surface area contributed by atoms with E-state index in [9.17, 15) is 9.50 Å². The third-order valence-corrected chi connectivity index (χ3v) is 5.69. The lowest BCUT2D eigenvalue weighted by molar-refractivity contribution is -0.0592. The summed E-state index contributed by atoms with van der Waals surface area (Å²) >= 11 is 0. The lowest BCUT2D eigenvalue weighted by Crippen LogP contribution is -2.52. The Kier molecular flexibility index (Phi) is 5.37. The van der Waals surface area contributed by atoms with Crippen LogP contribution in [-0.2, 0) is 5.41 Å². The fraction of sp³-hybridized carbons (Fsp3) is 0.522. The summed E-state index contributed by atoms with van der Waals surface area (Å²) in [4.78, 5) is 4.87. The van der Waals surface area contributed by atoms with Crippen LogP contribution in [0.2, 0.25) is 0 Å². The summed E-state index contributed by atoms with van der Waals surface area (Å²) in [6.45, 7) is 10.3. The number of alkyl halides is 1. The Morgan fingerprint density at radius 2 is 2.00 bits per heavy atom. The van der Waals surface area contributed by atoms with E-state index in [0.29, 0.717) is 31.0 Å². The Morgan fingerprint density at radius 3 is 2.65 bits per heavy atom. The molecule has 0 aliphatic heterocycles. The Balaban J connectivity index is 1.68. The number of ether oxygens (including phenoxy) is 1. The van der Waals surface area contributed by atoms with Crippen LogP contribution in [0.4, 0.5) is 10.4 Å². The van der Waals surface area contributed by atoms with Crippen molar-refractivity contribution < 1.29 is 18.7 Å². The molecule has 0 spiro atoms. The molecule has 0 unspecified atom stereocenters. The van der Waals surface area contributed by atoms with Gasteiger partial charge in [-0.2, -0.15) is 0 Å².